The highest BCUT2D eigenvalue weighted by molar-refractivity contribution is 4.89. The quantitative estimate of drug-likeness (QED) is 0.676. The molecule has 2 aliphatic carbocycles. The molecule has 2 aliphatic rings. The van der Waals surface area contributed by atoms with Crippen molar-refractivity contribution in [2.75, 3.05) is 6.54 Å². The Morgan fingerprint density at radius 3 is 1.95 bits per heavy atom. The second kappa shape index (κ2) is 7.99. The van der Waals surface area contributed by atoms with Gasteiger partial charge in [0, 0.05) is 6.04 Å². The van der Waals surface area contributed by atoms with Crippen LogP contribution in [0.4, 0.5) is 0 Å². The molecule has 1 nitrogen and oxygen atoms in total. The summed E-state index contributed by atoms with van der Waals surface area (Å²) in [6.45, 7) is 10.8. The van der Waals surface area contributed by atoms with Gasteiger partial charge in [-0.05, 0) is 74.7 Å². The highest BCUT2D eigenvalue weighted by atomic mass is 14.9. The third-order valence-corrected chi connectivity index (χ3v) is 6.29. The Balaban J connectivity index is 1.91. The zero-order chi connectivity index (χ0) is 15.3. The molecular weight excluding hydrogens is 254 g/mol. The van der Waals surface area contributed by atoms with E-state index in [0.29, 0.717) is 5.41 Å². The van der Waals surface area contributed by atoms with Gasteiger partial charge in [-0.3, -0.25) is 0 Å². The second-order valence-electron chi connectivity index (χ2n) is 8.86. The zero-order valence-electron chi connectivity index (χ0n) is 15.1. The lowest BCUT2D eigenvalue weighted by molar-refractivity contribution is 0.107. The van der Waals surface area contributed by atoms with E-state index in [-0.39, 0.29) is 0 Å². The fourth-order valence-corrected chi connectivity index (χ4v) is 4.87. The van der Waals surface area contributed by atoms with Crippen LogP contribution in [0, 0.1) is 23.2 Å². The van der Waals surface area contributed by atoms with E-state index in [4.69, 9.17) is 0 Å². The van der Waals surface area contributed by atoms with Crippen LogP contribution in [0.2, 0.25) is 0 Å². The predicted molar refractivity (Wildman–Crippen MR) is 93.6 cm³/mol. The predicted octanol–water partition coefficient (Wildman–Crippen LogP) is 5.79. The number of nitrogens with one attached hydrogen (secondary N) is 1. The van der Waals surface area contributed by atoms with Crippen LogP contribution in [-0.4, -0.2) is 12.6 Å². The van der Waals surface area contributed by atoms with Crippen LogP contribution in [0.15, 0.2) is 0 Å². The van der Waals surface area contributed by atoms with Gasteiger partial charge in [0.1, 0.15) is 0 Å². The van der Waals surface area contributed by atoms with Crippen LogP contribution in [0.1, 0.15) is 91.9 Å². The highest BCUT2D eigenvalue weighted by Gasteiger charge is 2.35. The average Bonchev–Trinajstić information content (AvgIpc) is 2.48. The molecule has 0 aromatic heterocycles. The van der Waals surface area contributed by atoms with Gasteiger partial charge >= 0.3 is 0 Å². The molecular formula is C20H39N. The lowest BCUT2D eigenvalue weighted by Gasteiger charge is -2.43. The van der Waals surface area contributed by atoms with Gasteiger partial charge < -0.3 is 5.32 Å². The van der Waals surface area contributed by atoms with Crippen LogP contribution >= 0.6 is 0 Å². The Morgan fingerprint density at radius 2 is 1.43 bits per heavy atom. The van der Waals surface area contributed by atoms with E-state index in [2.05, 4.69) is 33.0 Å². The van der Waals surface area contributed by atoms with Crippen molar-refractivity contribution in [2.24, 2.45) is 23.2 Å². The summed E-state index contributed by atoms with van der Waals surface area (Å²) >= 11 is 0. The molecule has 0 aromatic rings. The summed E-state index contributed by atoms with van der Waals surface area (Å²) < 4.78 is 0. The maximum atomic E-state index is 3.96. The molecule has 2 fully saturated rings. The topological polar surface area (TPSA) is 12.0 Å². The van der Waals surface area contributed by atoms with Gasteiger partial charge in [-0.1, -0.05) is 47.0 Å². The third-order valence-electron chi connectivity index (χ3n) is 6.29. The summed E-state index contributed by atoms with van der Waals surface area (Å²) in [6, 6.07) is 0.825. The maximum Gasteiger partial charge on any atom is 0.0124 e. The first-order chi connectivity index (χ1) is 10.0. The van der Waals surface area contributed by atoms with Gasteiger partial charge in [0.2, 0.25) is 0 Å². The molecule has 0 heterocycles. The van der Waals surface area contributed by atoms with Crippen molar-refractivity contribution in [3.8, 4) is 0 Å². The maximum absolute atomic E-state index is 3.96. The van der Waals surface area contributed by atoms with Crippen molar-refractivity contribution in [3.05, 3.63) is 0 Å². The first-order valence-corrected chi connectivity index (χ1v) is 9.75. The minimum absolute atomic E-state index is 0.516. The molecule has 124 valence electrons. The standard InChI is InChI=1S/C20H39N/c1-5-15-21-19(16-9-7-6-8-10-16)17-11-13-18(14-12-17)20(2,3)4/h16-19,21H,5-15H2,1-4H3. The second-order valence-corrected chi connectivity index (χ2v) is 8.86. The van der Waals surface area contributed by atoms with Gasteiger partial charge in [0.25, 0.3) is 0 Å². The van der Waals surface area contributed by atoms with E-state index in [9.17, 15) is 0 Å². The highest BCUT2D eigenvalue weighted by Crippen LogP contribution is 2.43. The van der Waals surface area contributed by atoms with E-state index in [1.54, 1.807) is 0 Å². The van der Waals surface area contributed by atoms with Crippen molar-refractivity contribution >= 4 is 0 Å². The Hall–Kier alpha value is -0.0400. The van der Waals surface area contributed by atoms with Crippen LogP contribution in [0.25, 0.3) is 0 Å². The summed E-state index contributed by atoms with van der Waals surface area (Å²) in [6.07, 6.45) is 14.6. The normalized spacial score (nSPS) is 30.3. The lowest BCUT2D eigenvalue weighted by Crippen LogP contribution is -2.45. The van der Waals surface area contributed by atoms with Crippen LogP contribution in [0.3, 0.4) is 0 Å². The van der Waals surface area contributed by atoms with E-state index >= 15 is 0 Å². The molecule has 1 atom stereocenters. The molecule has 0 radical (unpaired) electrons. The molecule has 0 amide bonds. The van der Waals surface area contributed by atoms with E-state index in [1.165, 1.54) is 70.8 Å². The summed E-state index contributed by atoms with van der Waals surface area (Å²) in [5, 5.41) is 3.96. The molecule has 0 spiro atoms. The van der Waals surface area contributed by atoms with Crippen molar-refractivity contribution in [1.82, 2.24) is 5.32 Å². The molecule has 0 saturated heterocycles. The Kier molecular flexibility index (Phi) is 6.59. The van der Waals surface area contributed by atoms with Crippen molar-refractivity contribution < 1.29 is 0 Å². The largest absolute Gasteiger partial charge is 0.313 e. The third kappa shape index (κ3) is 4.98. The molecule has 1 heteroatoms. The number of hydrogen-bond donors (Lipinski definition) is 1. The summed E-state index contributed by atoms with van der Waals surface area (Å²) in [4.78, 5) is 0. The van der Waals surface area contributed by atoms with E-state index in [1.807, 2.05) is 0 Å². The van der Waals surface area contributed by atoms with Gasteiger partial charge in [-0.25, -0.2) is 0 Å². The molecule has 2 saturated carbocycles. The Morgan fingerprint density at radius 1 is 0.857 bits per heavy atom. The summed E-state index contributed by atoms with van der Waals surface area (Å²) in [5.41, 5.74) is 0.516. The van der Waals surface area contributed by atoms with Crippen LogP contribution in [-0.2, 0) is 0 Å². The monoisotopic (exact) mass is 293 g/mol. The van der Waals surface area contributed by atoms with Crippen LogP contribution < -0.4 is 5.32 Å². The van der Waals surface area contributed by atoms with Gasteiger partial charge in [0.15, 0.2) is 0 Å². The van der Waals surface area contributed by atoms with E-state index < -0.39 is 0 Å². The first kappa shape index (κ1) is 17.3. The van der Waals surface area contributed by atoms with Gasteiger partial charge in [0.05, 0.1) is 0 Å². The van der Waals surface area contributed by atoms with Gasteiger partial charge in [-0.15, -0.1) is 0 Å². The first-order valence-electron chi connectivity index (χ1n) is 9.75. The van der Waals surface area contributed by atoms with Crippen LogP contribution in [0.5, 0.6) is 0 Å². The fraction of sp³-hybridized carbons (Fsp3) is 1.00. The number of hydrogen-bond acceptors (Lipinski definition) is 1. The molecule has 1 unspecified atom stereocenters. The smallest absolute Gasteiger partial charge is 0.0124 e. The Labute approximate surface area is 133 Å². The average molecular weight is 294 g/mol. The van der Waals surface area contributed by atoms with Crippen molar-refractivity contribution in [2.45, 2.75) is 97.9 Å². The Bertz CT molecular complexity index is 277. The number of rotatable bonds is 5. The SMILES string of the molecule is CCCNC(C1CCCCC1)C1CCC(C(C)(C)C)CC1. The van der Waals surface area contributed by atoms with Crippen molar-refractivity contribution in [3.63, 3.8) is 0 Å². The minimum Gasteiger partial charge on any atom is -0.313 e. The molecule has 0 aliphatic heterocycles. The molecule has 1 N–H and O–H groups in total. The molecule has 0 aromatic carbocycles. The van der Waals surface area contributed by atoms with Crippen molar-refractivity contribution in [1.29, 1.82) is 0 Å². The molecule has 0 bridgehead atoms. The molecule has 2 rings (SSSR count). The summed E-state index contributed by atoms with van der Waals surface area (Å²) in [7, 11) is 0. The zero-order valence-corrected chi connectivity index (χ0v) is 15.1. The van der Waals surface area contributed by atoms with Gasteiger partial charge in [-0.2, -0.15) is 0 Å². The molecule has 21 heavy (non-hydrogen) atoms. The summed E-state index contributed by atoms with van der Waals surface area (Å²) in [5.74, 6) is 2.88. The fourth-order valence-electron chi connectivity index (χ4n) is 4.87. The minimum atomic E-state index is 0.516. The lowest BCUT2D eigenvalue weighted by atomic mass is 9.66. The van der Waals surface area contributed by atoms with E-state index in [0.717, 1.165) is 23.8 Å².